The molecule has 2 amide bonds. The number of aromatic nitrogens is 4. The smallest absolute Gasteiger partial charge is 0.332 e. The number of imide groups is 1. The third kappa shape index (κ3) is 4.63. The molecule has 2 saturated heterocycles. The van der Waals surface area contributed by atoms with Crippen molar-refractivity contribution in [3.8, 4) is 11.5 Å². The second-order valence-electron chi connectivity index (χ2n) is 11.1. The van der Waals surface area contributed by atoms with E-state index in [4.69, 9.17) is 26.1 Å². The molecule has 0 bridgehead atoms. The van der Waals surface area contributed by atoms with Crippen molar-refractivity contribution in [2.45, 2.75) is 19.0 Å². The maximum Gasteiger partial charge on any atom is 0.332 e. The Balaban J connectivity index is 1.15. The van der Waals surface area contributed by atoms with Crippen molar-refractivity contribution >= 4 is 46.2 Å². The Labute approximate surface area is 256 Å². The lowest BCUT2D eigenvalue weighted by Crippen LogP contribution is -2.53. The number of carbonyl (C=O) groups excluding carboxylic acids is 2. The predicted molar refractivity (Wildman–Crippen MR) is 163 cm³/mol. The van der Waals surface area contributed by atoms with Crippen molar-refractivity contribution in [1.82, 2.24) is 23.6 Å². The lowest BCUT2D eigenvalue weighted by molar-refractivity contribution is -0.123. The van der Waals surface area contributed by atoms with Crippen molar-refractivity contribution in [3.05, 3.63) is 73.9 Å². The monoisotopic (exact) mass is 619 g/mol. The number of amides is 2. The molecular weight excluding hydrogens is 590 g/mol. The predicted octanol–water partition coefficient (Wildman–Crippen LogP) is 1.36. The highest BCUT2D eigenvalue weighted by atomic mass is 35.5. The Hall–Kier alpha value is -4.62. The van der Waals surface area contributed by atoms with Gasteiger partial charge >= 0.3 is 5.69 Å². The van der Waals surface area contributed by atoms with E-state index in [2.05, 4.69) is 4.90 Å². The molecule has 0 saturated carbocycles. The number of nitrogens with zero attached hydrogens (tertiary/aromatic N) is 7. The zero-order chi connectivity index (χ0) is 30.7. The third-order valence-electron chi connectivity index (χ3n) is 8.53. The molecule has 2 fully saturated rings. The summed E-state index contributed by atoms with van der Waals surface area (Å²) in [4.78, 5) is 62.8. The highest BCUT2D eigenvalue weighted by molar-refractivity contribution is 6.30. The number of anilines is 2. The van der Waals surface area contributed by atoms with Crippen LogP contribution in [-0.2, 0) is 30.2 Å². The van der Waals surface area contributed by atoms with Gasteiger partial charge < -0.3 is 14.4 Å². The van der Waals surface area contributed by atoms with Crippen molar-refractivity contribution in [3.63, 3.8) is 0 Å². The molecule has 1 atom stereocenters. The first-order valence-electron chi connectivity index (χ1n) is 14.4. The first-order valence-corrected chi connectivity index (χ1v) is 14.7. The minimum absolute atomic E-state index is 0.0838. The summed E-state index contributed by atoms with van der Waals surface area (Å²) in [7, 11) is 3.05. The average molecular weight is 620 g/mol. The normalized spacial score (nSPS) is 18.9. The van der Waals surface area contributed by atoms with Gasteiger partial charge in [-0.2, -0.15) is 4.98 Å². The number of aryl methyl sites for hydroxylation is 1. The largest absolute Gasteiger partial charge is 0.486 e. The fraction of sp³-hybridized carbons (Fsp3) is 0.367. The second-order valence-corrected chi connectivity index (χ2v) is 11.6. The van der Waals surface area contributed by atoms with Gasteiger partial charge in [0, 0.05) is 51.4 Å². The third-order valence-corrected chi connectivity index (χ3v) is 8.78. The first-order chi connectivity index (χ1) is 21.2. The van der Waals surface area contributed by atoms with E-state index in [-0.39, 0.29) is 18.2 Å². The van der Waals surface area contributed by atoms with Crippen LogP contribution in [0.25, 0.3) is 11.2 Å². The van der Waals surface area contributed by atoms with Crippen molar-refractivity contribution in [2.75, 3.05) is 49.2 Å². The molecule has 13 nitrogen and oxygen atoms in total. The maximum atomic E-state index is 13.6. The summed E-state index contributed by atoms with van der Waals surface area (Å²) in [5, 5.41) is 0.603. The summed E-state index contributed by atoms with van der Waals surface area (Å²) in [6.45, 7) is 3.20. The molecule has 5 heterocycles. The van der Waals surface area contributed by atoms with E-state index in [0.29, 0.717) is 85.3 Å². The molecule has 44 heavy (non-hydrogen) atoms. The van der Waals surface area contributed by atoms with Crippen LogP contribution in [-0.4, -0.2) is 80.8 Å². The average Bonchev–Trinajstić information content (AvgIpc) is 3.56. The van der Waals surface area contributed by atoms with Gasteiger partial charge in [-0.3, -0.25) is 33.0 Å². The number of hydrogen-bond donors (Lipinski definition) is 0. The molecule has 7 rings (SSSR count). The highest BCUT2D eigenvalue weighted by Gasteiger charge is 2.44. The molecule has 228 valence electrons. The second kappa shape index (κ2) is 10.8. The Morgan fingerprint density at radius 1 is 0.886 bits per heavy atom. The van der Waals surface area contributed by atoms with E-state index in [9.17, 15) is 19.2 Å². The van der Waals surface area contributed by atoms with Crippen LogP contribution in [0.4, 0.5) is 11.6 Å². The number of piperazine rings is 1. The van der Waals surface area contributed by atoms with Gasteiger partial charge in [-0.25, -0.2) is 9.69 Å². The number of halogens is 1. The number of fused-ring (bicyclic) bond motifs is 2. The van der Waals surface area contributed by atoms with E-state index in [0.717, 1.165) is 10.1 Å². The minimum Gasteiger partial charge on any atom is -0.486 e. The van der Waals surface area contributed by atoms with Gasteiger partial charge in [0.05, 0.1) is 24.7 Å². The topological polar surface area (TPSA) is 124 Å². The fourth-order valence-corrected chi connectivity index (χ4v) is 6.30. The molecule has 0 radical (unpaired) electrons. The van der Waals surface area contributed by atoms with Gasteiger partial charge in [0.1, 0.15) is 13.2 Å². The molecule has 3 aliphatic rings. The number of ether oxygens (including phenoxy) is 2. The van der Waals surface area contributed by atoms with Crippen molar-refractivity contribution in [2.24, 2.45) is 14.1 Å². The zero-order valence-electron chi connectivity index (χ0n) is 24.2. The van der Waals surface area contributed by atoms with Crippen molar-refractivity contribution in [1.29, 1.82) is 0 Å². The standard InChI is InChI=1S/C30H30ClN7O6/c1-33-26-25(28(41)34(2)30(33)42)37(17-18-3-5-19(31)6-4-18)29(32-26)36-11-9-35(10-12-36)21-16-24(39)38(27(21)40)20-7-8-22-23(15-20)44-14-13-43-22/h3-8,15,21H,9-14,16-17H2,1-2H3. The van der Waals surface area contributed by atoms with Crippen molar-refractivity contribution < 1.29 is 19.1 Å². The summed E-state index contributed by atoms with van der Waals surface area (Å²) in [6.07, 6.45) is 0.0838. The quantitative estimate of drug-likeness (QED) is 0.305. The molecule has 0 aliphatic carbocycles. The molecule has 1 unspecified atom stereocenters. The number of rotatable bonds is 5. The lowest BCUT2D eigenvalue weighted by atomic mass is 10.1. The maximum absolute atomic E-state index is 13.6. The van der Waals surface area contributed by atoms with E-state index in [1.54, 1.807) is 37.4 Å². The number of hydrogen-bond acceptors (Lipinski definition) is 9. The molecular formula is C30H30ClN7O6. The van der Waals surface area contributed by atoms with Crippen LogP contribution in [0.1, 0.15) is 12.0 Å². The van der Waals surface area contributed by atoms with Gasteiger partial charge in [-0.05, 0) is 29.8 Å². The van der Waals surface area contributed by atoms with Crippen LogP contribution in [0.2, 0.25) is 5.02 Å². The SMILES string of the molecule is Cn1c(=O)c2c(nc(N3CCN(C4CC(=O)N(c5ccc6c(c5)OCCO6)C4=O)CC3)n2Cc2ccc(Cl)cc2)n(C)c1=O. The number of carbonyl (C=O) groups is 2. The number of benzene rings is 2. The Morgan fingerprint density at radius 3 is 2.32 bits per heavy atom. The summed E-state index contributed by atoms with van der Waals surface area (Å²) in [5.74, 6) is 1.13. The summed E-state index contributed by atoms with van der Waals surface area (Å²) in [6, 6.07) is 11.9. The molecule has 2 aromatic carbocycles. The Kier molecular flexibility index (Phi) is 6.93. The molecule has 0 N–H and O–H groups in total. The van der Waals surface area contributed by atoms with Crippen LogP contribution in [0.5, 0.6) is 11.5 Å². The molecule has 0 spiro atoms. The number of imidazole rings is 1. The summed E-state index contributed by atoms with van der Waals surface area (Å²) in [5.41, 5.74) is 1.13. The summed E-state index contributed by atoms with van der Waals surface area (Å²) < 4.78 is 15.5. The van der Waals surface area contributed by atoms with E-state index in [1.165, 1.54) is 16.5 Å². The molecule has 3 aliphatic heterocycles. The Bertz CT molecular complexity index is 1920. The van der Waals surface area contributed by atoms with Gasteiger partial charge in [0.2, 0.25) is 11.9 Å². The van der Waals surface area contributed by atoms with Crippen LogP contribution in [0.3, 0.4) is 0 Å². The molecule has 2 aromatic heterocycles. The fourth-order valence-electron chi connectivity index (χ4n) is 6.18. The Morgan fingerprint density at radius 2 is 1.59 bits per heavy atom. The van der Waals surface area contributed by atoms with Gasteiger partial charge in [-0.1, -0.05) is 23.7 Å². The minimum atomic E-state index is -0.584. The first kappa shape index (κ1) is 28.2. The van der Waals surface area contributed by atoms with Crippen LogP contribution in [0.15, 0.2) is 52.1 Å². The van der Waals surface area contributed by atoms with E-state index in [1.807, 2.05) is 21.6 Å². The van der Waals surface area contributed by atoms with Crippen LogP contribution in [0, 0.1) is 0 Å². The van der Waals surface area contributed by atoms with Gasteiger partial charge in [0.15, 0.2) is 22.7 Å². The lowest BCUT2D eigenvalue weighted by Gasteiger charge is -2.37. The molecule has 14 heteroatoms. The van der Waals surface area contributed by atoms with E-state index < -0.39 is 17.3 Å². The van der Waals surface area contributed by atoms with Crippen LogP contribution >= 0.6 is 11.6 Å². The summed E-state index contributed by atoms with van der Waals surface area (Å²) >= 11 is 6.10. The van der Waals surface area contributed by atoms with E-state index >= 15 is 0 Å². The molecule has 4 aromatic rings. The van der Waals surface area contributed by atoms with Crippen LogP contribution < -0.4 is 30.5 Å². The van der Waals surface area contributed by atoms with Gasteiger partial charge in [-0.15, -0.1) is 0 Å². The van der Waals surface area contributed by atoms with Gasteiger partial charge in [0.25, 0.3) is 11.5 Å². The zero-order valence-corrected chi connectivity index (χ0v) is 25.0. The highest BCUT2D eigenvalue weighted by Crippen LogP contribution is 2.36.